The molecule has 1 aromatic heterocycles. The van der Waals surface area contributed by atoms with E-state index in [1.165, 1.54) is 19.3 Å². The van der Waals surface area contributed by atoms with Crippen LogP contribution in [-0.2, 0) is 18.3 Å². The van der Waals surface area contributed by atoms with Gasteiger partial charge in [-0.3, -0.25) is 9.89 Å². The fourth-order valence-corrected chi connectivity index (χ4v) is 3.09. The third kappa shape index (κ3) is 2.59. The van der Waals surface area contributed by atoms with Crippen LogP contribution in [-0.4, -0.2) is 27.2 Å². The summed E-state index contributed by atoms with van der Waals surface area (Å²) in [5, 5.41) is 9.91. The number of nitrogens with zero attached hydrogens (tertiary/aromatic N) is 2. The minimum absolute atomic E-state index is 0.230. The first kappa shape index (κ1) is 12.8. The number of aromatic nitrogens is 3. The van der Waals surface area contributed by atoms with Gasteiger partial charge in [-0.2, -0.15) is 5.10 Å². The van der Waals surface area contributed by atoms with Crippen LogP contribution < -0.4 is 5.32 Å². The maximum atomic E-state index is 12.0. The van der Waals surface area contributed by atoms with Crippen molar-refractivity contribution < 1.29 is 4.79 Å². The van der Waals surface area contributed by atoms with Crippen LogP contribution in [0.3, 0.4) is 0 Å². The molecule has 19 heavy (non-hydrogen) atoms. The summed E-state index contributed by atoms with van der Waals surface area (Å²) >= 11 is 5.05. The number of carbonyl (C=O) groups is 1. The van der Waals surface area contributed by atoms with Gasteiger partial charge in [0.05, 0.1) is 0 Å². The van der Waals surface area contributed by atoms with Crippen LogP contribution in [0.1, 0.15) is 31.5 Å². The monoisotopic (exact) mass is 280 g/mol. The summed E-state index contributed by atoms with van der Waals surface area (Å²) in [5.74, 6) is 2.91. The molecule has 1 heterocycles. The first-order valence-electron chi connectivity index (χ1n) is 7.05. The van der Waals surface area contributed by atoms with E-state index in [4.69, 9.17) is 12.2 Å². The van der Waals surface area contributed by atoms with Crippen molar-refractivity contribution in [1.29, 1.82) is 0 Å². The Morgan fingerprint density at radius 3 is 2.95 bits per heavy atom. The number of hydrogen-bond donors (Lipinski definition) is 2. The molecule has 3 rings (SSSR count). The molecular weight excluding hydrogens is 260 g/mol. The minimum atomic E-state index is 0.230. The highest BCUT2D eigenvalue weighted by Crippen LogP contribution is 2.51. The van der Waals surface area contributed by atoms with Gasteiger partial charge in [-0.25, -0.2) is 0 Å². The van der Waals surface area contributed by atoms with Gasteiger partial charge < -0.3 is 9.88 Å². The number of H-pyrrole nitrogens is 1. The smallest absolute Gasteiger partial charge is 0.223 e. The fraction of sp³-hybridized carbons (Fsp3) is 0.769. The maximum absolute atomic E-state index is 12.0. The van der Waals surface area contributed by atoms with Crippen molar-refractivity contribution in [3.63, 3.8) is 0 Å². The van der Waals surface area contributed by atoms with Crippen LogP contribution in [0.2, 0.25) is 0 Å². The van der Waals surface area contributed by atoms with Crippen molar-refractivity contribution in [3.8, 4) is 0 Å². The number of carbonyl (C=O) groups excluding carboxylic acids is 1. The molecule has 104 valence electrons. The van der Waals surface area contributed by atoms with Gasteiger partial charge in [0.2, 0.25) is 5.91 Å². The number of rotatable bonds is 5. The van der Waals surface area contributed by atoms with Crippen molar-refractivity contribution in [2.24, 2.45) is 24.8 Å². The Morgan fingerprint density at radius 1 is 1.58 bits per heavy atom. The highest BCUT2D eigenvalue weighted by Gasteiger charge is 2.48. The van der Waals surface area contributed by atoms with Gasteiger partial charge >= 0.3 is 0 Å². The SMILES string of the molecule is Cn1c(CCNC(=O)C2CC2C2CCC2)n[nH]c1=S. The Morgan fingerprint density at radius 2 is 2.37 bits per heavy atom. The second kappa shape index (κ2) is 5.07. The zero-order valence-corrected chi connectivity index (χ0v) is 12.0. The van der Waals surface area contributed by atoms with Crippen molar-refractivity contribution in [1.82, 2.24) is 20.1 Å². The van der Waals surface area contributed by atoms with Crippen LogP contribution in [0.15, 0.2) is 0 Å². The van der Waals surface area contributed by atoms with Crippen LogP contribution in [0.25, 0.3) is 0 Å². The van der Waals surface area contributed by atoms with Crippen LogP contribution >= 0.6 is 12.2 Å². The van der Waals surface area contributed by atoms with E-state index in [1.807, 2.05) is 11.6 Å². The molecule has 6 heteroatoms. The number of amides is 1. The third-order valence-corrected chi connectivity index (χ3v) is 4.92. The molecule has 2 aliphatic carbocycles. The lowest BCUT2D eigenvalue weighted by Crippen LogP contribution is -2.29. The molecule has 0 saturated heterocycles. The van der Waals surface area contributed by atoms with E-state index in [9.17, 15) is 4.79 Å². The van der Waals surface area contributed by atoms with Crippen LogP contribution in [0.4, 0.5) is 0 Å². The largest absolute Gasteiger partial charge is 0.355 e. The summed E-state index contributed by atoms with van der Waals surface area (Å²) in [6, 6.07) is 0. The average molecular weight is 280 g/mol. The lowest BCUT2D eigenvalue weighted by Gasteiger charge is -2.25. The van der Waals surface area contributed by atoms with Gasteiger partial charge in [0.25, 0.3) is 0 Å². The van der Waals surface area contributed by atoms with Crippen LogP contribution in [0.5, 0.6) is 0 Å². The van der Waals surface area contributed by atoms with E-state index >= 15 is 0 Å². The molecule has 2 unspecified atom stereocenters. The minimum Gasteiger partial charge on any atom is -0.355 e. The predicted molar refractivity (Wildman–Crippen MR) is 74.0 cm³/mol. The summed E-state index contributed by atoms with van der Waals surface area (Å²) in [6.45, 7) is 0.639. The number of aromatic amines is 1. The van der Waals surface area contributed by atoms with Crippen molar-refractivity contribution in [2.45, 2.75) is 32.1 Å². The molecule has 0 aliphatic heterocycles. The summed E-state index contributed by atoms with van der Waals surface area (Å²) in [5.41, 5.74) is 0. The first-order chi connectivity index (χ1) is 9.16. The number of hydrogen-bond acceptors (Lipinski definition) is 3. The van der Waals surface area contributed by atoms with E-state index in [0.29, 0.717) is 17.2 Å². The Kier molecular flexibility index (Phi) is 3.43. The summed E-state index contributed by atoms with van der Waals surface area (Å²) in [6.07, 6.45) is 5.84. The van der Waals surface area contributed by atoms with Gasteiger partial charge in [0, 0.05) is 25.9 Å². The number of nitrogens with one attached hydrogen (secondary N) is 2. The van der Waals surface area contributed by atoms with Gasteiger partial charge in [-0.15, -0.1) is 0 Å². The van der Waals surface area contributed by atoms with Gasteiger partial charge in [0.15, 0.2) is 4.77 Å². The lowest BCUT2D eigenvalue weighted by atomic mass is 9.81. The Hall–Kier alpha value is -1.17. The van der Waals surface area contributed by atoms with E-state index in [2.05, 4.69) is 15.5 Å². The van der Waals surface area contributed by atoms with Gasteiger partial charge in [-0.1, -0.05) is 19.3 Å². The van der Waals surface area contributed by atoms with E-state index < -0.39 is 0 Å². The molecule has 0 spiro atoms. The molecule has 0 radical (unpaired) electrons. The van der Waals surface area contributed by atoms with E-state index in [0.717, 1.165) is 24.6 Å². The molecule has 2 atom stereocenters. The average Bonchev–Trinajstić information content (AvgIpc) is 3.03. The molecule has 2 saturated carbocycles. The first-order valence-corrected chi connectivity index (χ1v) is 7.45. The third-order valence-electron chi connectivity index (χ3n) is 4.55. The highest BCUT2D eigenvalue weighted by molar-refractivity contribution is 7.71. The molecule has 0 aromatic carbocycles. The van der Waals surface area contributed by atoms with Crippen molar-refractivity contribution >= 4 is 18.1 Å². The predicted octanol–water partition coefficient (Wildman–Crippen LogP) is 1.57. The molecule has 5 nitrogen and oxygen atoms in total. The van der Waals surface area contributed by atoms with Crippen LogP contribution in [0, 0.1) is 22.5 Å². The molecule has 2 fully saturated rings. The molecule has 2 aliphatic rings. The molecule has 1 amide bonds. The lowest BCUT2D eigenvalue weighted by molar-refractivity contribution is -0.122. The standard InChI is InChI=1S/C13H20N4OS/c1-17-11(15-16-13(17)19)5-6-14-12(18)10-7-9(10)8-3-2-4-8/h8-10H,2-7H2,1H3,(H,14,18)(H,16,19). The Bertz CT molecular complexity index is 531. The highest BCUT2D eigenvalue weighted by atomic mass is 32.1. The molecule has 0 bridgehead atoms. The quantitative estimate of drug-likeness (QED) is 0.805. The van der Waals surface area contributed by atoms with Gasteiger partial charge in [0.1, 0.15) is 5.82 Å². The normalized spacial score (nSPS) is 25.9. The molecule has 1 aromatic rings. The second-order valence-electron chi connectivity index (χ2n) is 5.74. The van der Waals surface area contributed by atoms with Crippen molar-refractivity contribution in [2.75, 3.05) is 6.54 Å². The summed E-state index contributed by atoms with van der Waals surface area (Å²) in [7, 11) is 1.89. The fourth-order valence-electron chi connectivity index (χ4n) is 2.94. The summed E-state index contributed by atoms with van der Waals surface area (Å²) < 4.78 is 2.46. The molecular formula is C13H20N4OS. The Balaban J connectivity index is 1.42. The van der Waals surface area contributed by atoms with E-state index in [1.54, 1.807) is 0 Å². The topological polar surface area (TPSA) is 62.7 Å². The molecule has 2 N–H and O–H groups in total. The van der Waals surface area contributed by atoms with Gasteiger partial charge in [-0.05, 0) is 30.5 Å². The second-order valence-corrected chi connectivity index (χ2v) is 6.13. The van der Waals surface area contributed by atoms with E-state index in [-0.39, 0.29) is 11.8 Å². The Labute approximate surface area is 117 Å². The zero-order chi connectivity index (χ0) is 13.4. The van der Waals surface area contributed by atoms with Crippen molar-refractivity contribution in [3.05, 3.63) is 10.6 Å². The maximum Gasteiger partial charge on any atom is 0.223 e. The zero-order valence-electron chi connectivity index (χ0n) is 11.2. The summed E-state index contributed by atoms with van der Waals surface area (Å²) in [4.78, 5) is 12.0.